The smallest absolute Gasteiger partial charge is 0.294 e. The highest BCUT2D eigenvalue weighted by Crippen LogP contribution is 2.19. The summed E-state index contributed by atoms with van der Waals surface area (Å²) in [5.74, 6) is 0. The van der Waals surface area contributed by atoms with Crippen molar-refractivity contribution in [3.8, 4) is 11.3 Å². The number of hydrogen-bond donors (Lipinski definition) is 2. The highest BCUT2D eigenvalue weighted by molar-refractivity contribution is 7.85. The fourth-order valence-corrected chi connectivity index (χ4v) is 4.31. The van der Waals surface area contributed by atoms with Crippen LogP contribution in [0.15, 0.2) is 84.3 Å². The fourth-order valence-electron chi connectivity index (χ4n) is 3.83. The lowest BCUT2D eigenvalue weighted by Crippen LogP contribution is -2.03. The van der Waals surface area contributed by atoms with E-state index < -0.39 is 10.1 Å². The van der Waals surface area contributed by atoms with Gasteiger partial charge in [-0.3, -0.25) is 14.2 Å². The van der Waals surface area contributed by atoms with Crippen molar-refractivity contribution in [2.24, 2.45) is 0 Å². The lowest BCUT2D eigenvalue weighted by atomic mass is 10.1. The topological polar surface area (TPSA) is 162 Å². The maximum atomic E-state index is 10.5. The van der Waals surface area contributed by atoms with Gasteiger partial charge in [0.05, 0.1) is 48.2 Å². The molecule has 2 N–H and O–H groups in total. The van der Waals surface area contributed by atoms with E-state index in [-0.39, 0.29) is 11.5 Å². The van der Waals surface area contributed by atoms with Crippen LogP contribution in [0.2, 0.25) is 0 Å². The van der Waals surface area contributed by atoms with Crippen molar-refractivity contribution < 1.29 is 18.1 Å². The van der Waals surface area contributed by atoms with Crippen molar-refractivity contribution in [1.29, 1.82) is 0 Å². The van der Waals surface area contributed by atoms with Gasteiger partial charge in [-0.05, 0) is 42.8 Å². The average Bonchev–Trinajstić information content (AvgIpc) is 3.56. The third kappa shape index (κ3) is 6.12. The van der Waals surface area contributed by atoms with Gasteiger partial charge in [0.25, 0.3) is 10.1 Å². The van der Waals surface area contributed by atoms with E-state index in [9.17, 15) is 8.42 Å². The summed E-state index contributed by atoms with van der Waals surface area (Å²) in [6.45, 7) is 2.84. The van der Waals surface area contributed by atoms with E-state index in [1.54, 1.807) is 40.1 Å². The van der Waals surface area contributed by atoms with Crippen molar-refractivity contribution in [2.75, 3.05) is 6.61 Å². The zero-order chi connectivity index (χ0) is 27.4. The van der Waals surface area contributed by atoms with E-state index in [1.807, 2.05) is 37.4 Å². The second kappa shape index (κ2) is 11.0. The van der Waals surface area contributed by atoms with Crippen LogP contribution in [0.3, 0.4) is 0 Å². The molecule has 6 rings (SSSR count). The van der Waals surface area contributed by atoms with Crippen molar-refractivity contribution >= 4 is 32.3 Å². The van der Waals surface area contributed by atoms with Gasteiger partial charge in [-0.2, -0.15) is 13.5 Å². The van der Waals surface area contributed by atoms with E-state index in [1.165, 1.54) is 12.1 Å². The molecule has 0 aliphatic carbocycles. The largest absolute Gasteiger partial charge is 0.394 e. The molecule has 4 aromatic heterocycles. The van der Waals surface area contributed by atoms with Crippen LogP contribution in [0.5, 0.6) is 0 Å². The van der Waals surface area contributed by atoms with Gasteiger partial charge in [0, 0.05) is 23.3 Å². The maximum Gasteiger partial charge on any atom is 0.294 e. The van der Waals surface area contributed by atoms with Gasteiger partial charge in [0.1, 0.15) is 0 Å². The van der Waals surface area contributed by atoms with Crippen molar-refractivity contribution in [3.63, 3.8) is 0 Å². The molecule has 2 aromatic carbocycles. The van der Waals surface area contributed by atoms with E-state index in [0.29, 0.717) is 30.1 Å². The molecular formula is C26H24N8O4S. The van der Waals surface area contributed by atoms with E-state index in [2.05, 4.69) is 36.4 Å². The molecule has 39 heavy (non-hydrogen) atoms. The van der Waals surface area contributed by atoms with Crippen molar-refractivity contribution in [3.05, 3.63) is 90.5 Å². The summed E-state index contributed by atoms with van der Waals surface area (Å²) in [7, 11) is -4.02. The minimum absolute atomic E-state index is 0.0315. The minimum Gasteiger partial charge on any atom is -0.394 e. The van der Waals surface area contributed by atoms with Crippen molar-refractivity contribution in [2.45, 2.75) is 24.9 Å². The number of rotatable bonds is 6. The molecule has 4 heterocycles. The molecule has 0 radical (unpaired) electrons. The first-order chi connectivity index (χ1) is 18.8. The first-order valence-corrected chi connectivity index (χ1v) is 13.3. The third-order valence-corrected chi connectivity index (χ3v) is 6.67. The second-order valence-electron chi connectivity index (χ2n) is 8.68. The van der Waals surface area contributed by atoms with Crippen LogP contribution in [0, 0.1) is 6.92 Å². The number of aliphatic hydroxyl groups excluding tert-OH is 1. The number of nitrogens with zero attached hydrogens (tertiary/aromatic N) is 8. The molecule has 0 fully saturated rings. The Morgan fingerprint density at radius 1 is 1.00 bits per heavy atom. The summed E-state index contributed by atoms with van der Waals surface area (Å²) < 4.78 is 33.0. The summed E-state index contributed by atoms with van der Waals surface area (Å²) in [6.07, 6.45) is 6.97. The zero-order valence-electron chi connectivity index (χ0n) is 20.8. The highest BCUT2D eigenvalue weighted by atomic mass is 32.2. The number of fused-ring (bicyclic) bond motifs is 2. The first kappa shape index (κ1) is 26.0. The van der Waals surface area contributed by atoms with Crippen LogP contribution in [-0.2, 0) is 23.2 Å². The normalized spacial score (nSPS) is 11.5. The fraction of sp³-hybridized carbons (Fsp3) is 0.154. The number of aliphatic hydroxyl groups is 1. The Labute approximate surface area is 223 Å². The molecule has 198 valence electrons. The average molecular weight is 545 g/mol. The molecule has 0 bridgehead atoms. The summed E-state index contributed by atoms with van der Waals surface area (Å²) in [4.78, 5) is 13.3. The van der Waals surface area contributed by atoms with Crippen LogP contribution in [0.1, 0.15) is 11.1 Å². The lowest BCUT2D eigenvalue weighted by molar-refractivity contribution is 0.269. The molecule has 13 heteroatoms. The molecule has 0 saturated carbocycles. The van der Waals surface area contributed by atoms with Crippen LogP contribution in [0.4, 0.5) is 0 Å². The Kier molecular flexibility index (Phi) is 7.36. The molecule has 0 spiro atoms. The first-order valence-electron chi connectivity index (χ1n) is 11.9. The van der Waals surface area contributed by atoms with Gasteiger partial charge in [0.15, 0.2) is 5.65 Å². The van der Waals surface area contributed by atoms with Gasteiger partial charge in [-0.1, -0.05) is 35.0 Å². The summed E-state index contributed by atoms with van der Waals surface area (Å²) in [5, 5.41) is 22.7. The van der Waals surface area contributed by atoms with Crippen LogP contribution >= 0.6 is 0 Å². The monoisotopic (exact) mass is 544 g/mol. The molecule has 0 amide bonds. The Balaban J connectivity index is 0.000000237. The van der Waals surface area contributed by atoms with E-state index in [0.717, 1.165) is 27.6 Å². The van der Waals surface area contributed by atoms with Gasteiger partial charge in [-0.25, -0.2) is 14.6 Å². The molecule has 0 aliphatic rings. The van der Waals surface area contributed by atoms with Gasteiger partial charge in [0.2, 0.25) is 5.65 Å². The van der Waals surface area contributed by atoms with E-state index >= 15 is 0 Å². The molecule has 0 aliphatic heterocycles. The molecule has 0 unspecified atom stereocenters. The maximum absolute atomic E-state index is 10.5. The molecule has 12 nitrogen and oxygen atoms in total. The predicted molar refractivity (Wildman–Crippen MR) is 143 cm³/mol. The number of pyridine rings is 1. The highest BCUT2D eigenvalue weighted by Gasteiger charge is 2.12. The Morgan fingerprint density at radius 3 is 2.59 bits per heavy atom. The van der Waals surface area contributed by atoms with E-state index in [4.69, 9.17) is 9.66 Å². The Bertz CT molecular complexity index is 1850. The minimum atomic E-state index is -4.02. The van der Waals surface area contributed by atoms with Crippen LogP contribution in [0.25, 0.3) is 33.5 Å². The second-order valence-corrected chi connectivity index (χ2v) is 10.1. The van der Waals surface area contributed by atoms with Gasteiger partial charge >= 0.3 is 0 Å². The Hall–Kier alpha value is -4.59. The summed E-state index contributed by atoms with van der Waals surface area (Å²) in [5.41, 5.74) is 5.60. The number of hydrogen-bond acceptors (Lipinski definition) is 9. The van der Waals surface area contributed by atoms with Gasteiger partial charge in [-0.15, -0.1) is 5.10 Å². The molecular weight excluding hydrogens is 520 g/mol. The predicted octanol–water partition coefficient (Wildman–Crippen LogP) is 2.92. The quantitative estimate of drug-likeness (QED) is 0.298. The molecule has 0 atom stereocenters. The summed E-state index contributed by atoms with van der Waals surface area (Å²) >= 11 is 0. The Morgan fingerprint density at radius 2 is 1.82 bits per heavy atom. The standard InChI is InChI=1S/C19H16N8O.C7H8O3S/c28-7-6-26-12-15(9-22-26)17-10-21-18-19(23-17)27(25-24-18)11-13-3-4-16-14(8-13)2-1-5-20-16;1-6-2-4-7(5-3-6)11(8,9)10/h1-5,8-10,12,28H,6-7,11H2;2-5H,1H3,(H,8,9,10). The number of aryl methyl sites for hydroxylation is 1. The van der Waals surface area contributed by atoms with Crippen molar-refractivity contribution in [1.82, 2.24) is 39.7 Å². The molecule has 0 saturated heterocycles. The number of aromatic nitrogens is 8. The van der Waals surface area contributed by atoms with Crippen LogP contribution in [-0.4, -0.2) is 64.4 Å². The van der Waals surface area contributed by atoms with Gasteiger partial charge < -0.3 is 5.11 Å². The zero-order valence-corrected chi connectivity index (χ0v) is 21.6. The lowest BCUT2D eigenvalue weighted by Gasteiger charge is -2.04. The number of benzene rings is 2. The summed E-state index contributed by atoms with van der Waals surface area (Å²) in [6, 6.07) is 16.1. The third-order valence-electron chi connectivity index (χ3n) is 5.80. The molecule has 6 aromatic rings. The van der Waals surface area contributed by atoms with Crippen LogP contribution < -0.4 is 0 Å². The SMILES string of the molecule is Cc1ccc(S(=O)(=O)O)cc1.OCCn1cc(-c2cnc3nnn(Cc4ccc5ncccc5c4)c3n2)cn1.